The predicted octanol–water partition coefficient (Wildman–Crippen LogP) is 1.39. The van der Waals surface area contributed by atoms with Crippen molar-refractivity contribution < 1.29 is 24.2 Å². The summed E-state index contributed by atoms with van der Waals surface area (Å²) in [5.41, 5.74) is 0.681. The number of hydrogen-bond acceptors (Lipinski definition) is 4. The molecule has 1 N–H and O–H groups in total. The first-order valence-electron chi connectivity index (χ1n) is 6.00. The lowest BCUT2D eigenvalue weighted by Crippen LogP contribution is -2.28. The van der Waals surface area contributed by atoms with Gasteiger partial charge in [-0.3, -0.25) is 0 Å². The first-order valence-corrected chi connectivity index (χ1v) is 6.00. The van der Waals surface area contributed by atoms with Crippen LogP contribution >= 0.6 is 0 Å². The number of benzene rings is 1. The van der Waals surface area contributed by atoms with Gasteiger partial charge < -0.3 is 14.6 Å². The number of esters is 1. The van der Waals surface area contributed by atoms with Crippen molar-refractivity contribution in [3.8, 4) is 0 Å². The van der Waals surface area contributed by atoms with Crippen molar-refractivity contribution in [2.24, 2.45) is 0 Å². The number of carboxylic acid groups (broad SMARTS) is 1. The molecular formula is C14H12O5. The number of carboxylic acids is 1. The van der Waals surface area contributed by atoms with E-state index in [1.165, 1.54) is 6.08 Å². The number of carbonyl (C=O) groups excluding carboxylic acids is 1. The highest BCUT2D eigenvalue weighted by atomic mass is 16.6. The van der Waals surface area contributed by atoms with E-state index in [2.05, 4.69) is 0 Å². The quantitative estimate of drug-likeness (QED) is 0.656. The van der Waals surface area contributed by atoms with Crippen LogP contribution in [0.3, 0.4) is 0 Å². The maximum atomic E-state index is 11.9. The van der Waals surface area contributed by atoms with Gasteiger partial charge >= 0.3 is 11.9 Å². The van der Waals surface area contributed by atoms with Gasteiger partial charge in [0.25, 0.3) is 0 Å². The first-order chi connectivity index (χ1) is 9.15. The lowest BCUT2D eigenvalue weighted by atomic mass is 9.97. The van der Waals surface area contributed by atoms with Crippen LogP contribution in [0.4, 0.5) is 0 Å². The minimum absolute atomic E-state index is 0.135. The Morgan fingerprint density at radius 2 is 2.00 bits per heavy atom. The average Bonchev–Trinajstić information content (AvgIpc) is 3.19. The van der Waals surface area contributed by atoms with Gasteiger partial charge in [-0.1, -0.05) is 18.2 Å². The molecule has 1 aromatic rings. The molecule has 0 amide bonds. The van der Waals surface area contributed by atoms with Crippen molar-refractivity contribution in [2.45, 2.75) is 24.7 Å². The highest BCUT2D eigenvalue weighted by molar-refractivity contribution is 5.90. The average molecular weight is 260 g/mol. The summed E-state index contributed by atoms with van der Waals surface area (Å²) in [6.45, 7) is 0. The Kier molecular flexibility index (Phi) is 2.83. The van der Waals surface area contributed by atoms with E-state index in [-0.39, 0.29) is 17.8 Å². The highest BCUT2D eigenvalue weighted by Gasteiger charge is 2.50. The third kappa shape index (κ3) is 2.37. The van der Waals surface area contributed by atoms with Gasteiger partial charge in [-0.15, -0.1) is 0 Å². The summed E-state index contributed by atoms with van der Waals surface area (Å²) in [7, 11) is 0. The van der Waals surface area contributed by atoms with Crippen LogP contribution in [-0.4, -0.2) is 35.4 Å². The van der Waals surface area contributed by atoms with Gasteiger partial charge in [-0.05, 0) is 18.2 Å². The summed E-state index contributed by atoms with van der Waals surface area (Å²) in [5, 5.41) is 8.98. The molecule has 2 aliphatic rings. The lowest BCUT2D eigenvalue weighted by molar-refractivity contribution is -0.133. The second kappa shape index (κ2) is 4.51. The Hall–Kier alpha value is -2.14. The molecule has 3 rings (SSSR count). The van der Waals surface area contributed by atoms with Crippen molar-refractivity contribution in [3.05, 3.63) is 47.5 Å². The predicted molar refractivity (Wildman–Crippen MR) is 64.6 cm³/mol. The summed E-state index contributed by atoms with van der Waals surface area (Å²) < 4.78 is 10.6. The van der Waals surface area contributed by atoms with Gasteiger partial charge in [-0.25, -0.2) is 9.59 Å². The molecule has 19 heavy (non-hydrogen) atoms. The zero-order valence-corrected chi connectivity index (χ0v) is 9.98. The van der Waals surface area contributed by atoms with Gasteiger partial charge in [0, 0.05) is 12.0 Å². The Balaban J connectivity index is 1.74. The molecule has 0 bridgehead atoms. The van der Waals surface area contributed by atoms with E-state index >= 15 is 0 Å². The van der Waals surface area contributed by atoms with Gasteiger partial charge in [-0.2, -0.15) is 0 Å². The van der Waals surface area contributed by atoms with Crippen molar-refractivity contribution in [1.82, 2.24) is 0 Å². The smallest absolute Gasteiger partial charge is 0.338 e. The standard InChI is InChI=1S/C14H12O5/c15-13(16)9-6-10-12(18-10)11(7-9)19-14(17)8-4-2-1-3-5-8/h1-5,7,10-12H,6H2,(H,15,16)/t10-,11-,12-/m0/s1. The number of hydrogen-bond donors (Lipinski definition) is 1. The molecule has 1 aliphatic heterocycles. The van der Waals surface area contributed by atoms with Crippen LogP contribution in [0.15, 0.2) is 42.0 Å². The van der Waals surface area contributed by atoms with Crippen LogP contribution < -0.4 is 0 Å². The molecule has 1 aromatic carbocycles. The van der Waals surface area contributed by atoms with E-state index in [0.717, 1.165) is 0 Å². The first kappa shape index (κ1) is 11.9. The third-order valence-corrected chi connectivity index (χ3v) is 3.26. The van der Waals surface area contributed by atoms with Gasteiger partial charge in [0.1, 0.15) is 12.2 Å². The van der Waals surface area contributed by atoms with Crippen LogP contribution in [0.25, 0.3) is 0 Å². The Labute approximate surface area is 109 Å². The van der Waals surface area contributed by atoms with Crippen LogP contribution in [0, 0.1) is 0 Å². The lowest BCUT2D eigenvalue weighted by Gasteiger charge is -2.16. The number of epoxide rings is 1. The normalized spacial score (nSPS) is 28.0. The van der Waals surface area contributed by atoms with E-state index in [0.29, 0.717) is 12.0 Å². The van der Waals surface area contributed by atoms with Gasteiger partial charge in [0.15, 0.2) is 0 Å². The molecular weight excluding hydrogens is 248 g/mol. The van der Waals surface area contributed by atoms with Crippen LogP contribution in [-0.2, 0) is 14.3 Å². The topological polar surface area (TPSA) is 76.1 Å². The summed E-state index contributed by atoms with van der Waals surface area (Å²) >= 11 is 0. The van der Waals surface area contributed by atoms with E-state index in [9.17, 15) is 9.59 Å². The number of fused-ring (bicyclic) bond motifs is 1. The summed E-state index contributed by atoms with van der Waals surface area (Å²) in [6.07, 6.45) is 0.898. The molecule has 5 heteroatoms. The van der Waals surface area contributed by atoms with Crippen LogP contribution in [0.5, 0.6) is 0 Å². The van der Waals surface area contributed by atoms with E-state index in [4.69, 9.17) is 14.6 Å². The van der Waals surface area contributed by atoms with Crippen molar-refractivity contribution in [1.29, 1.82) is 0 Å². The molecule has 5 nitrogen and oxygen atoms in total. The number of carbonyl (C=O) groups is 2. The summed E-state index contributed by atoms with van der Waals surface area (Å²) in [5.74, 6) is -1.46. The molecule has 0 aromatic heterocycles. The number of ether oxygens (including phenoxy) is 2. The molecule has 1 aliphatic carbocycles. The number of rotatable bonds is 3. The van der Waals surface area contributed by atoms with Crippen molar-refractivity contribution in [3.63, 3.8) is 0 Å². The molecule has 98 valence electrons. The van der Waals surface area contributed by atoms with E-state index in [1.807, 2.05) is 0 Å². The zero-order chi connectivity index (χ0) is 13.4. The maximum absolute atomic E-state index is 11.9. The summed E-state index contributed by atoms with van der Waals surface area (Å²) in [4.78, 5) is 22.9. The Bertz CT molecular complexity index is 548. The molecule has 0 radical (unpaired) electrons. The van der Waals surface area contributed by atoms with E-state index in [1.54, 1.807) is 30.3 Å². The van der Waals surface area contributed by atoms with Crippen molar-refractivity contribution in [2.75, 3.05) is 0 Å². The fraction of sp³-hybridized carbons (Fsp3) is 0.286. The van der Waals surface area contributed by atoms with Gasteiger partial charge in [0.2, 0.25) is 0 Å². The second-order valence-corrected chi connectivity index (χ2v) is 4.58. The zero-order valence-electron chi connectivity index (χ0n) is 9.98. The molecule has 1 saturated heterocycles. The third-order valence-electron chi connectivity index (χ3n) is 3.26. The van der Waals surface area contributed by atoms with Crippen LogP contribution in [0.2, 0.25) is 0 Å². The highest BCUT2D eigenvalue weighted by Crippen LogP contribution is 2.38. The monoisotopic (exact) mass is 260 g/mol. The maximum Gasteiger partial charge on any atom is 0.338 e. The van der Waals surface area contributed by atoms with Gasteiger partial charge in [0.05, 0.1) is 11.7 Å². The fourth-order valence-corrected chi connectivity index (χ4v) is 2.21. The van der Waals surface area contributed by atoms with E-state index < -0.39 is 18.0 Å². The molecule has 1 fully saturated rings. The number of aliphatic carboxylic acids is 1. The Morgan fingerprint density at radius 1 is 1.26 bits per heavy atom. The van der Waals surface area contributed by atoms with Crippen LogP contribution in [0.1, 0.15) is 16.8 Å². The molecule has 1 heterocycles. The minimum Gasteiger partial charge on any atom is -0.478 e. The largest absolute Gasteiger partial charge is 0.478 e. The fourth-order valence-electron chi connectivity index (χ4n) is 2.21. The molecule has 0 saturated carbocycles. The molecule has 0 unspecified atom stereocenters. The minimum atomic E-state index is -0.991. The Morgan fingerprint density at radius 3 is 2.68 bits per heavy atom. The molecule has 3 atom stereocenters. The van der Waals surface area contributed by atoms with Crippen molar-refractivity contribution >= 4 is 11.9 Å². The second-order valence-electron chi connectivity index (χ2n) is 4.58. The SMILES string of the molecule is O=C(O)C1=C[C@H](OC(=O)c2ccccc2)[C@H]2O[C@H]2C1. The molecule has 0 spiro atoms. The summed E-state index contributed by atoms with van der Waals surface area (Å²) in [6, 6.07) is 8.59.